The fraction of sp³-hybridized carbons (Fsp3) is 0.217. The van der Waals surface area contributed by atoms with Crippen LogP contribution in [0.5, 0.6) is 0 Å². The highest BCUT2D eigenvalue weighted by atomic mass is 35.5. The summed E-state index contributed by atoms with van der Waals surface area (Å²) in [5.74, 6) is 1.04. The van der Waals surface area contributed by atoms with E-state index in [-0.39, 0.29) is 5.91 Å². The molecule has 168 valence electrons. The van der Waals surface area contributed by atoms with Gasteiger partial charge in [0.2, 0.25) is 11.9 Å². The van der Waals surface area contributed by atoms with Crippen LogP contribution in [0.3, 0.4) is 0 Å². The Balaban J connectivity index is 1.66. The monoisotopic (exact) mass is 481 g/mol. The predicted molar refractivity (Wildman–Crippen MR) is 131 cm³/mol. The van der Waals surface area contributed by atoms with Gasteiger partial charge in [-0.15, -0.1) is 5.10 Å². The summed E-state index contributed by atoms with van der Waals surface area (Å²) < 4.78 is 1.64. The van der Waals surface area contributed by atoms with Crippen molar-refractivity contribution < 1.29 is 4.79 Å². The molecule has 1 saturated heterocycles. The normalized spacial score (nSPS) is 14.2. The zero-order chi connectivity index (χ0) is 23.1. The Labute approximate surface area is 200 Å². The summed E-state index contributed by atoms with van der Waals surface area (Å²) in [5, 5.41) is 6.57. The number of rotatable bonds is 3. The lowest BCUT2D eigenvalue weighted by molar-refractivity contribution is -0.129. The third-order valence-electron chi connectivity index (χ3n) is 5.73. The van der Waals surface area contributed by atoms with Crippen molar-refractivity contribution in [3.63, 3.8) is 0 Å². The van der Waals surface area contributed by atoms with E-state index in [0.29, 0.717) is 64.7 Å². The molecule has 0 bridgehead atoms. The highest BCUT2D eigenvalue weighted by Crippen LogP contribution is 2.34. The van der Waals surface area contributed by atoms with Gasteiger partial charge in [-0.2, -0.15) is 4.98 Å². The Morgan fingerprint density at radius 1 is 0.970 bits per heavy atom. The van der Waals surface area contributed by atoms with Crippen LogP contribution in [0.4, 0.5) is 11.8 Å². The largest absolute Gasteiger partial charge is 0.383 e. The lowest BCUT2D eigenvalue weighted by atomic mass is 10.1. The quantitative estimate of drug-likeness (QED) is 0.474. The topological polar surface area (TPSA) is 93.2 Å². The van der Waals surface area contributed by atoms with E-state index in [1.807, 2.05) is 41.3 Å². The summed E-state index contributed by atoms with van der Waals surface area (Å²) in [4.78, 5) is 25.2. The minimum absolute atomic E-state index is 0.0696. The predicted octanol–water partition coefficient (Wildman–Crippen LogP) is 4.04. The number of benzene rings is 2. The number of aromatic nitrogens is 4. The highest BCUT2D eigenvalue weighted by molar-refractivity contribution is 6.31. The molecule has 0 radical (unpaired) electrons. The van der Waals surface area contributed by atoms with E-state index in [9.17, 15) is 4.79 Å². The van der Waals surface area contributed by atoms with Crippen molar-refractivity contribution in [2.75, 3.05) is 36.8 Å². The molecule has 8 nitrogen and oxygen atoms in total. The molecule has 3 heterocycles. The van der Waals surface area contributed by atoms with E-state index in [2.05, 4.69) is 4.90 Å². The molecular weight excluding hydrogens is 461 g/mol. The van der Waals surface area contributed by atoms with Crippen LogP contribution in [-0.2, 0) is 4.79 Å². The first-order valence-electron chi connectivity index (χ1n) is 10.5. The maximum atomic E-state index is 11.7. The number of amides is 1. The fourth-order valence-corrected chi connectivity index (χ4v) is 4.30. The van der Waals surface area contributed by atoms with Crippen LogP contribution in [0.2, 0.25) is 10.0 Å². The van der Waals surface area contributed by atoms with Crippen LogP contribution in [0.15, 0.2) is 48.5 Å². The van der Waals surface area contributed by atoms with E-state index in [4.69, 9.17) is 44.0 Å². The van der Waals surface area contributed by atoms with E-state index in [1.165, 1.54) is 0 Å². The number of fused-ring (bicyclic) bond motifs is 1. The number of nitrogens with two attached hydrogens (primary N) is 1. The molecule has 1 amide bonds. The fourth-order valence-electron chi connectivity index (χ4n) is 3.99. The summed E-state index contributed by atoms with van der Waals surface area (Å²) in [6.07, 6.45) is 0. The molecule has 33 heavy (non-hydrogen) atoms. The number of carbonyl (C=O) groups is 1. The molecule has 2 aromatic carbocycles. The number of halogens is 2. The number of carbonyl (C=O) groups excluding carboxylic acids is 1. The lowest BCUT2D eigenvalue weighted by Gasteiger charge is -2.34. The standard InChI is InChI=1S/C23H21Cl2N7O/c1-14(33)30-9-11-31(12-10-30)23-27-20(15-3-2-4-17(25)13-15)19-21(26)32(29-22(19)28-23)18-7-5-16(24)6-8-18/h2-8,13H,9-12,26H2,1H3. The highest BCUT2D eigenvalue weighted by Gasteiger charge is 2.24. The van der Waals surface area contributed by atoms with Crippen LogP contribution in [0, 0.1) is 0 Å². The third-order valence-corrected chi connectivity index (χ3v) is 6.22. The second-order valence-electron chi connectivity index (χ2n) is 7.85. The molecule has 0 spiro atoms. The van der Waals surface area contributed by atoms with Crippen molar-refractivity contribution in [1.29, 1.82) is 0 Å². The van der Waals surface area contributed by atoms with Gasteiger partial charge in [-0.05, 0) is 36.4 Å². The SMILES string of the molecule is CC(=O)N1CCN(c2nc(-c3cccc(Cl)c3)c3c(N)n(-c4ccc(Cl)cc4)nc3n2)CC1. The van der Waals surface area contributed by atoms with Gasteiger partial charge in [0.15, 0.2) is 5.65 Å². The van der Waals surface area contributed by atoms with Gasteiger partial charge < -0.3 is 15.5 Å². The van der Waals surface area contributed by atoms with E-state index >= 15 is 0 Å². The molecule has 0 unspecified atom stereocenters. The lowest BCUT2D eigenvalue weighted by Crippen LogP contribution is -2.48. The van der Waals surface area contributed by atoms with Gasteiger partial charge in [0, 0.05) is 48.7 Å². The molecule has 0 aliphatic carbocycles. The number of hydrogen-bond acceptors (Lipinski definition) is 6. The molecule has 5 rings (SSSR count). The van der Waals surface area contributed by atoms with Crippen LogP contribution in [0.25, 0.3) is 28.0 Å². The van der Waals surface area contributed by atoms with E-state index < -0.39 is 0 Å². The molecule has 10 heteroatoms. The number of nitrogen functional groups attached to an aromatic ring is 1. The second kappa shape index (κ2) is 8.53. The summed E-state index contributed by atoms with van der Waals surface area (Å²) in [6.45, 7) is 4.08. The van der Waals surface area contributed by atoms with Gasteiger partial charge >= 0.3 is 0 Å². The van der Waals surface area contributed by atoms with Crippen LogP contribution >= 0.6 is 23.2 Å². The Morgan fingerprint density at radius 3 is 2.36 bits per heavy atom. The van der Waals surface area contributed by atoms with Crippen LogP contribution in [0.1, 0.15) is 6.92 Å². The second-order valence-corrected chi connectivity index (χ2v) is 8.72. The number of piperazine rings is 1. The summed E-state index contributed by atoms with van der Waals surface area (Å²) in [5.41, 5.74) is 9.29. The van der Waals surface area contributed by atoms with Crippen molar-refractivity contribution in [2.45, 2.75) is 6.92 Å². The Hall–Kier alpha value is -3.36. The smallest absolute Gasteiger partial charge is 0.228 e. The maximum absolute atomic E-state index is 11.7. The van der Waals surface area contributed by atoms with Crippen molar-refractivity contribution in [3.8, 4) is 16.9 Å². The van der Waals surface area contributed by atoms with Gasteiger partial charge in [0.25, 0.3) is 0 Å². The van der Waals surface area contributed by atoms with E-state index in [0.717, 1.165) is 11.3 Å². The first kappa shape index (κ1) is 21.5. The average molecular weight is 482 g/mol. The maximum Gasteiger partial charge on any atom is 0.228 e. The minimum atomic E-state index is 0.0696. The molecule has 2 aromatic heterocycles. The van der Waals surface area contributed by atoms with Gasteiger partial charge in [-0.25, -0.2) is 9.67 Å². The Kier molecular flexibility index (Phi) is 5.55. The number of anilines is 2. The Morgan fingerprint density at radius 2 is 1.70 bits per heavy atom. The van der Waals surface area contributed by atoms with E-state index in [1.54, 1.807) is 23.7 Å². The van der Waals surface area contributed by atoms with Crippen LogP contribution < -0.4 is 10.6 Å². The molecule has 4 aromatic rings. The van der Waals surface area contributed by atoms with Crippen LogP contribution in [-0.4, -0.2) is 56.7 Å². The zero-order valence-electron chi connectivity index (χ0n) is 17.9. The van der Waals surface area contributed by atoms with Crippen molar-refractivity contribution >= 4 is 51.9 Å². The van der Waals surface area contributed by atoms with Gasteiger partial charge in [0.05, 0.1) is 16.8 Å². The van der Waals surface area contributed by atoms with Gasteiger partial charge in [0.1, 0.15) is 5.82 Å². The summed E-state index contributed by atoms with van der Waals surface area (Å²) >= 11 is 12.3. The van der Waals surface area contributed by atoms with Gasteiger partial charge in [-0.1, -0.05) is 35.3 Å². The number of nitrogens with zero attached hydrogens (tertiary/aromatic N) is 6. The molecule has 1 fully saturated rings. The van der Waals surface area contributed by atoms with Crippen molar-refractivity contribution in [1.82, 2.24) is 24.6 Å². The van der Waals surface area contributed by atoms with Crippen molar-refractivity contribution in [3.05, 3.63) is 58.6 Å². The van der Waals surface area contributed by atoms with Gasteiger partial charge in [-0.3, -0.25) is 4.79 Å². The third kappa shape index (κ3) is 4.07. The molecule has 1 aliphatic rings. The molecule has 0 atom stereocenters. The first-order valence-corrected chi connectivity index (χ1v) is 11.2. The Bertz CT molecular complexity index is 1350. The zero-order valence-corrected chi connectivity index (χ0v) is 19.4. The molecule has 2 N–H and O–H groups in total. The minimum Gasteiger partial charge on any atom is -0.383 e. The number of hydrogen-bond donors (Lipinski definition) is 1. The summed E-state index contributed by atoms with van der Waals surface area (Å²) in [7, 11) is 0. The summed E-state index contributed by atoms with van der Waals surface area (Å²) in [6, 6.07) is 14.7. The first-order chi connectivity index (χ1) is 15.9. The van der Waals surface area contributed by atoms with Crippen molar-refractivity contribution in [2.24, 2.45) is 0 Å². The molecule has 0 saturated carbocycles. The molecular formula is C23H21Cl2N7O. The average Bonchev–Trinajstić information content (AvgIpc) is 3.15. The molecule has 1 aliphatic heterocycles.